The third-order valence-electron chi connectivity index (χ3n) is 3.45. The zero-order valence-electron chi connectivity index (χ0n) is 7.63. The summed E-state index contributed by atoms with van der Waals surface area (Å²) < 4.78 is 0. The normalized spacial score (nSPS) is 35.6. The van der Waals surface area contributed by atoms with Crippen LogP contribution < -0.4 is 0 Å². The zero-order chi connectivity index (χ0) is 8.39. The Morgan fingerprint density at radius 3 is 3.08 bits per heavy atom. The molecule has 2 aliphatic rings. The highest BCUT2D eigenvalue weighted by atomic mass is 16.3. The van der Waals surface area contributed by atoms with E-state index in [4.69, 9.17) is 0 Å². The molecule has 0 unspecified atom stereocenters. The molecule has 2 rings (SSSR count). The molecular weight excluding hydrogens is 148 g/mol. The number of allylic oxidation sites excluding steroid dienone is 2. The van der Waals surface area contributed by atoms with Crippen molar-refractivity contribution >= 4 is 0 Å². The topological polar surface area (TPSA) is 20.2 Å². The van der Waals surface area contributed by atoms with Gasteiger partial charge in [-0.1, -0.05) is 18.1 Å². The molecule has 0 aliphatic heterocycles. The first-order valence-electron chi connectivity index (χ1n) is 5.21. The number of aliphatic hydroxyl groups is 1. The van der Waals surface area contributed by atoms with Gasteiger partial charge in [0.25, 0.3) is 0 Å². The van der Waals surface area contributed by atoms with Gasteiger partial charge in [0, 0.05) is 6.61 Å². The van der Waals surface area contributed by atoms with Crippen LogP contribution in [0.4, 0.5) is 0 Å². The van der Waals surface area contributed by atoms with Crippen LogP contribution in [0, 0.1) is 11.8 Å². The van der Waals surface area contributed by atoms with Crippen molar-refractivity contribution in [1.29, 1.82) is 0 Å². The van der Waals surface area contributed by atoms with E-state index < -0.39 is 0 Å². The fraction of sp³-hybridized carbons (Fsp3) is 0.818. The van der Waals surface area contributed by atoms with Crippen LogP contribution in [-0.2, 0) is 0 Å². The summed E-state index contributed by atoms with van der Waals surface area (Å²) in [5.41, 5.74) is 1.66. The van der Waals surface area contributed by atoms with Gasteiger partial charge in [-0.2, -0.15) is 0 Å². The predicted molar refractivity (Wildman–Crippen MR) is 49.9 cm³/mol. The van der Waals surface area contributed by atoms with Crippen molar-refractivity contribution in [2.24, 2.45) is 11.8 Å². The molecular formula is C11H18O. The van der Waals surface area contributed by atoms with Crippen molar-refractivity contribution in [2.45, 2.75) is 38.5 Å². The first kappa shape index (κ1) is 8.31. The second kappa shape index (κ2) is 3.61. The lowest BCUT2D eigenvalue weighted by Gasteiger charge is -2.34. The average molecular weight is 166 g/mol. The van der Waals surface area contributed by atoms with Crippen molar-refractivity contribution in [3.8, 4) is 0 Å². The van der Waals surface area contributed by atoms with Gasteiger partial charge in [0.1, 0.15) is 0 Å². The van der Waals surface area contributed by atoms with E-state index in [0.717, 1.165) is 5.92 Å². The average Bonchev–Trinajstić information content (AvgIpc) is 2.17. The Balaban J connectivity index is 2.10. The Morgan fingerprint density at radius 2 is 2.25 bits per heavy atom. The van der Waals surface area contributed by atoms with Crippen molar-refractivity contribution in [3.05, 3.63) is 11.6 Å². The molecule has 1 saturated carbocycles. The summed E-state index contributed by atoms with van der Waals surface area (Å²) in [5, 5.41) is 9.20. The standard InChI is InChI=1S/C11H18O/c12-8-10-6-3-5-9-4-1-2-7-11(9)10/h5,10-12H,1-4,6-8H2/t10-,11+/m1/s1. The van der Waals surface area contributed by atoms with E-state index in [2.05, 4.69) is 6.08 Å². The van der Waals surface area contributed by atoms with Gasteiger partial charge in [0.05, 0.1) is 0 Å². The largest absolute Gasteiger partial charge is 0.396 e. The minimum absolute atomic E-state index is 0.405. The smallest absolute Gasteiger partial charge is 0.0465 e. The second-order valence-corrected chi connectivity index (χ2v) is 4.15. The molecule has 0 aromatic rings. The molecule has 0 heterocycles. The highest BCUT2D eigenvalue weighted by Crippen LogP contribution is 2.39. The van der Waals surface area contributed by atoms with Crippen LogP contribution in [0.5, 0.6) is 0 Å². The van der Waals surface area contributed by atoms with E-state index in [1.165, 1.54) is 38.5 Å². The number of hydrogen-bond acceptors (Lipinski definition) is 1. The summed E-state index contributed by atoms with van der Waals surface area (Å²) in [6.07, 6.45) is 10.2. The Labute approximate surface area is 74.5 Å². The van der Waals surface area contributed by atoms with E-state index in [9.17, 15) is 5.11 Å². The number of hydrogen-bond donors (Lipinski definition) is 1. The quantitative estimate of drug-likeness (QED) is 0.593. The molecule has 12 heavy (non-hydrogen) atoms. The summed E-state index contributed by atoms with van der Waals surface area (Å²) in [6, 6.07) is 0. The summed E-state index contributed by atoms with van der Waals surface area (Å²) in [5.74, 6) is 1.34. The number of rotatable bonds is 1. The molecule has 2 aliphatic carbocycles. The van der Waals surface area contributed by atoms with Gasteiger partial charge >= 0.3 is 0 Å². The molecule has 1 nitrogen and oxygen atoms in total. The molecule has 1 fully saturated rings. The van der Waals surface area contributed by atoms with Crippen molar-refractivity contribution in [1.82, 2.24) is 0 Å². The predicted octanol–water partition coefficient (Wildman–Crippen LogP) is 2.51. The summed E-state index contributed by atoms with van der Waals surface area (Å²) in [4.78, 5) is 0. The Bertz CT molecular complexity index is 183. The van der Waals surface area contributed by atoms with Crippen molar-refractivity contribution < 1.29 is 5.11 Å². The van der Waals surface area contributed by atoms with Gasteiger partial charge in [-0.25, -0.2) is 0 Å². The van der Waals surface area contributed by atoms with Gasteiger partial charge in [-0.3, -0.25) is 0 Å². The molecule has 68 valence electrons. The second-order valence-electron chi connectivity index (χ2n) is 4.15. The molecule has 0 bridgehead atoms. The molecule has 0 spiro atoms. The third kappa shape index (κ3) is 1.42. The molecule has 2 atom stereocenters. The van der Waals surface area contributed by atoms with Crippen molar-refractivity contribution in [2.75, 3.05) is 6.61 Å². The molecule has 0 radical (unpaired) electrons. The summed E-state index contributed by atoms with van der Waals surface area (Å²) >= 11 is 0. The van der Waals surface area contributed by atoms with Crippen LogP contribution >= 0.6 is 0 Å². The first-order valence-corrected chi connectivity index (χ1v) is 5.21. The van der Waals surface area contributed by atoms with Gasteiger partial charge < -0.3 is 5.11 Å². The molecule has 0 aromatic carbocycles. The van der Waals surface area contributed by atoms with Crippen LogP contribution in [0.15, 0.2) is 11.6 Å². The van der Waals surface area contributed by atoms with Crippen LogP contribution in [0.2, 0.25) is 0 Å². The van der Waals surface area contributed by atoms with Crippen molar-refractivity contribution in [3.63, 3.8) is 0 Å². The first-order chi connectivity index (χ1) is 5.92. The van der Waals surface area contributed by atoms with Crippen LogP contribution in [0.3, 0.4) is 0 Å². The molecule has 1 N–H and O–H groups in total. The molecule has 0 saturated heterocycles. The maximum atomic E-state index is 9.20. The van der Waals surface area contributed by atoms with Gasteiger partial charge in [0.2, 0.25) is 0 Å². The highest BCUT2D eigenvalue weighted by Gasteiger charge is 2.28. The van der Waals surface area contributed by atoms with E-state index in [1.54, 1.807) is 5.57 Å². The molecule has 0 aromatic heterocycles. The van der Waals surface area contributed by atoms with Gasteiger partial charge in [0.15, 0.2) is 0 Å². The maximum Gasteiger partial charge on any atom is 0.0465 e. The van der Waals surface area contributed by atoms with E-state index in [1.807, 2.05) is 0 Å². The minimum Gasteiger partial charge on any atom is -0.396 e. The third-order valence-corrected chi connectivity index (χ3v) is 3.45. The lowest BCUT2D eigenvalue weighted by molar-refractivity contribution is 0.160. The lowest BCUT2D eigenvalue weighted by Crippen LogP contribution is -2.25. The van der Waals surface area contributed by atoms with Crippen LogP contribution in [0.1, 0.15) is 38.5 Å². The fourth-order valence-corrected chi connectivity index (χ4v) is 2.76. The number of fused-ring (bicyclic) bond motifs is 1. The lowest BCUT2D eigenvalue weighted by atomic mass is 9.71. The Hall–Kier alpha value is -0.300. The molecule has 1 heteroatoms. The zero-order valence-corrected chi connectivity index (χ0v) is 7.63. The monoisotopic (exact) mass is 166 g/mol. The fourth-order valence-electron chi connectivity index (χ4n) is 2.76. The highest BCUT2D eigenvalue weighted by molar-refractivity contribution is 5.13. The SMILES string of the molecule is OC[C@H]1CCC=C2CCCC[C@@H]21. The van der Waals surface area contributed by atoms with E-state index >= 15 is 0 Å². The Kier molecular flexibility index (Phi) is 2.50. The van der Waals surface area contributed by atoms with E-state index in [-0.39, 0.29) is 0 Å². The van der Waals surface area contributed by atoms with Crippen LogP contribution in [0.25, 0.3) is 0 Å². The maximum absolute atomic E-state index is 9.20. The van der Waals surface area contributed by atoms with Gasteiger partial charge in [-0.15, -0.1) is 0 Å². The van der Waals surface area contributed by atoms with E-state index in [0.29, 0.717) is 12.5 Å². The van der Waals surface area contributed by atoms with Gasteiger partial charge in [-0.05, 0) is 43.9 Å². The van der Waals surface area contributed by atoms with Crippen LogP contribution in [-0.4, -0.2) is 11.7 Å². The Morgan fingerprint density at radius 1 is 1.33 bits per heavy atom. The summed E-state index contributed by atoms with van der Waals surface area (Å²) in [7, 11) is 0. The molecule has 0 amide bonds. The minimum atomic E-state index is 0.405. The summed E-state index contributed by atoms with van der Waals surface area (Å²) in [6.45, 7) is 0.405. The number of aliphatic hydroxyl groups excluding tert-OH is 1.